The quantitative estimate of drug-likeness (QED) is 0.212. The summed E-state index contributed by atoms with van der Waals surface area (Å²) in [6.45, 7) is 23.8. The molecule has 13 heteroatoms. The standard InChI is InChI=1S/C40H71NO12/c1-14-27(20-42)40(12,46)35-23(6)31-21(4)18-39(11,53-31)34(52-37-30(43)28(17-22(5)48-37)41(15-2)16-3)24(7)32(25(8)36(45)51-35)50-29-19-38(10,47-13)33(44)26(9)49-29/h22-30,32-35,37,42-44,46H,14-20H2,1-13H3/t22-,23-,24+,25-,26+,27+,28+,29+,30-,32-,33+,34-,35-,37+,38-,39?,40-/m1/s1. The molecule has 53 heavy (non-hydrogen) atoms. The highest BCUT2D eigenvalue weighted by Gasteiger charge is 2.57. The Balaban J connectivity index is 1.84. The monoisotopic (exact) mass is 757 g/mol. The zero-order valence-corrected chi connectivity index (χ0v) is 34.5. The molecule has 3 saturated heterocycles. The van der Waals surface area contributed by atoms with Crippen molar-refractivity contribution in [1.29, 1.82) is 0 Å². The van der Waals surface area contributed by atoms with Crippen LogP contribution in [0.4, 0.5) is 0 Å². The van der Waals surface area contributed by atoms with Gasteiger partial charge in [0.2, 0.25) is 0 Å². The predicted molar refractivity (Wildman–Crippen MR) is 197 cm³/mol. The van der Waals surface area contributed by atoms with Crippen LogP contribution in [-0.4, -0.2) is 136 Å². The minimum Gasteiger partial charge on any atom is -0.488 e. The van der Waals surface area contributed by atoms with E-state index in [-0.39, 0.29) is 25.2 Å². The summed E-state index contributed by atoms with van der Waals surface area (Å²) in [5.74, 6) is -2.69. The second-order valence-corrected chi connectivity index (χ2v) is 17.0. The summed E-state index contributed by atoms with van der Waals surface area (Å²) in [5, 5.41) is 45.2. The number of methoxy groups -OCH3 is 1. The van der Waals surface area contributed by atoms with Crippen LogP contribution in [-0.2, 0) is 38.0 Å². The molecule has 0 aromatic carbocycles. The first-order valence-electron chi connectivity index (χ1n) is 19.9. The van der Waals surface area contributed by atoms with Gasteiger partial charge in [-0.2, -0.15) is 0 Å². The van der Waals surface area contributed by atoms with Gasteiger partial charge in [0.25, 0.3) is 0 Å². The van der Waals surface area contributed by atoms with E-state index < -0.39 is 95.6 Å². The summed E-state index contributed by atoms with van der Waals surface area (Å²) < 4.78 is 45.4. The molecule has 3 fully saturated rings. The van der Waals surface area contributed by atoms with Gasteiger partial charge < -0.3 is 53.6 Å². The predicted octanol–water partition coefficient (Wildman–Crippen LogP) is 3.92. The van der Waals surface area contributed by atoms with E-state index in [1.54, 1.807) is 27.7 Å². The zero-order chi connectivity index (χ0) is 39.8. The fraction of sp³-hybridized carbons (Fsp3) is 0.925. The number of likely N-dealkylation sites (N-methyl/N-ethyl adjacent to an activating group) is 1. The third kappa shape index (κ3) is 8.79. The Hall–Kier alpha value is -1.39. The van der Waals surface area contributed by atoms with Crippen molar-refractivity contribution in [2.24, 2.45) is 23.7 Å². The lowest BCUT2D eigenvalue weighted by Gasteiger charge is -2.49. The van der Waals surface area contributed by atoms with Crippen LogP contribution in [0.2, 0.25) is 0 Å². The number of rotatable bonds is 12. The van der Waals surface area contributed by atoms with Crippen molar-refractivity contribution in [1.82, 2.24) is 4.90 Å². The van der Waals surface area contributed by atoms with Crippen molar-refractivity contribution in [3.8, 4) is 0 Å². The number of cyclic esters (lactones) is 1. The minimum absolute atomic E-state index is 0.181. The smallest absolute Gasteiger partial charge is 0.311 e. The van der Waals surface area contributed by atoms with E-state index in [4.69, 9.17) is 33.2 Å². The molecule has 0 aromatic rings. The minimum atomic E-state index is -1.62. The molecule has 4 N–H and O–H groups in total. The Morgan fingerprint density at radius 1 is 1.02 bits per heavy atom. The first-order chi connectivity index (χ1) is 24.7. The molecule has 0 saturated carbocycles. The molecule has 4 aliphatic heterocycles. The van der Waals surface area contributed by atoms with E-state index >= 15 is 0 Å². The molecule has 17 atom stereocenters. The fourth-order valence-corrected chi connectivity index (χ4v) is 9.62. The SMILES string of the molecule is CC[C@@H](CO)[C@@](C)(O)[C@@H]1OC(=O)[C@H](C)[C@H](O[C@H]2C[C@@](C)(OC)[C@@H](O)[C@H](C)O2)[C@H](C)[C@@H](O[C@@H]2O[C@H](C)C[C@H](N(CC)CC)[C@H]2O)C2(C)CC(C)=C(O2)[C@H]1C. The average Bonchev–Trinajstić information content (AvgIpc) is 3.42. The third-order valence-corrected chi connectivity index (χ3v) is 13.0. The molecular formula is C40H71NO12. The number of esters is 1. The van der Waals surface area contributed by atoms with Gasteiger partial charge in [0.1, 0.15) is 41.4 Å². The number of ether oxygens (including phenoxy) is 7. The van der Waals surface area contributed by atoms with Crippen LogP contribution in [0.3, 0.4) is 0 Å². The molecule has 0 aromatic heterocycles. The summed E-state index contributed by atoms with van der Waals surface area (Å²) in [4.78, 5) is 16.7. The van der Waals surface area contributed by atoms with E-state index in [0.29, 0.717) is 25.0 Å². The Bertz CT molecular complexity index is 1260. The first-order valence-corrected chi connectivity index (χ1v) is 19.9. The highest BCUT2D eigenvalue weighted by atomic mass is 16.7. The number of hydrogen-bond acceptors (Lipinski definition) is 13. The average molecular weight is 758 g/mol. The Morgan fingerprint density at radius 2 is 1.66 bits per heavy atom. The van der Waals surface area contributed by atoms with Crippen LogP contribution in [0.25, 0.3) is 0 Å². The molecule has 4 heterocycles. The molecule has 308 valence electrons. The molecule has 1 unspecified atom stereocenters. The lowest BCUT2D eigenvalue weighted by atomic mass is 9.76. The highest BCUT2D eigenvalue weighted by Crippen LogP contribution is 2.48. The summed E-state index contributed by atoms with van der Waals surface area (Å²) in [6.07, 6.45) is -5.64. The normalized spacial score (nSPS) is 44.6. The molecule has 4 aliphatic rings. The Labute approximate surface area is 317 Å². The molecule has 0 radical (unpaired) electrons. The largest absolute Gasteiger partial charge is 0.488 e. The van der Waals surface area contributed by atoms with E-state index in [0.717, 1.165) is 18.7 Å². The highest BCUT2D eigenvalue weighted by molar-refractivity contribution is 5.73. The van der Waals surface area contributed by atoms with Gasteiger partial charge in [-0.05, 0) is 80.0 Å². The van der Waals surface area contributed by atoms with Crippen LogP contribution in [0, 0.1) is 23.7 Å². The molecule has 2 bridgehead atoms. The van der Waals surface area contributed by atoms with Crippen molar-refractivity contribution in [3.63, 3.8) is 0 Å². The second-order valence-electron chi connectivity index (χ2n) is 17.0. The maximum atomic E-state index is 14.4. The first kappa shape index (κ1) is 44.3. The van der Waals surface area contributed by atoms with E-state index in [1.807, 2.05) is 41.5 Å². The number of aliphatic hydroxyl groups excluding tert-OH is 3. The number of carbonyl (C=O) groups is 1. The molecule has 0 amide bonds. The van der Waals surface area contributed by atoms with Gasteiger partial charge in [0, 0.05) is 44.4 Å². The summed E-state index contributed by atoms with van der Waals surface area (Å²) in [5.41, 5.74) is -2.71. The topological polar surface area (TPSA) is 166 Å². The Morgan fingerprint density at radius 3 is 2.23 bits per heavy atom. The van der Waals surface area contributed by atoms with Gasteiger partial charge in [0.15, 0.2) is 12.6 Å². The van der Waals surface area contributed by atoms with Gasteiger partial charge in [0.05, 0.1) is 35.7 Å². The van der Waals surface area contributed by atoms with Crippen LogP contribution < -0.4 is 0 Å². The van der Waals surface area contributed by atoms with E-state index in [9.17, 15) is 25.2 Å². The number of carbonyl (C=O) groups excluding carboxylic acids is 1. The van der Waals surface area contributed by atoms with Crippen LogP contribution >= 0.6 is 0 Å². The van der Waals surface area contributed by atoms with Crippen molar-refractivity contribution in [3.05, 3.63) is 11.3 Å². The second kappa shape index (κ2) is 17.4. The summed E-state index contributed by atoms with van der Waals surface area (Å²) in [6, 6.07) is -0.193. The van der Waals surface area contributed by atoms with Crippen molar-refractivity contribution in [2.45, 2.75) is 187 Å². The number of nitrogens with zero attached hydrogens (tertiary/aromatic N) is 1. The van der Waals surface area contributed by atoms with Gasteiger partial charge in [-0.25, -0.2) is 0 Å². The lowest BCUT2D eigenvalue weighted by Crippen LogP contribution is -2.60. The molecular weight excluding hydrogens is 686 g/mol. The number of fused-ring (bicyclic) bond motifs is 2. The van der Waals surface area contributed by atoms with E-state index in [1.165, 1.54) is 7.11 Å². The molecule has 0 aliphatic carbocycles. The maximum absolute atomic E-state index is 14.4. The van der Waals surface area contributed by atoms with Gasteiger partial charge >= 0.3 is 5.97 Å². The van der Waals surface area contributed by atoms with Crippen LogP contribution in [0.1, 0.15) is 109 Å². The van der Waals surface area contributed by atoms with Crippen molar-refractivity contribution in [2.75, 3.05) is 26.8 Å². The molecule has 4 rings (SSSR count). The maximum Gasteiger partial charge on any atom is 0.311 e. The number of hydrogen-bond donors (Lipinski definition) is 4. The fourth-order valence-electron chi connectivity index (χ4n) is 9.62. The van der Waals surface area contributed by atoms with Crippen LogP contribution in [0.5, 0.6) is 0 Å². The Kier molecular flexibility index (Phi) is 14.6. The van der Waals surface area contributed by atoms with Crippen LogP contribution in [0.15, 0.2) is 11.3 Å². The lowest BCUT2D eigenvalue weighted by molar-refractivity contribution is -0.317. The van der Waals surface area contributed by atoms with E-state index in [2.05, 4.69) is 18.7 Å². The van der Waals surface area contributed by atoms with Crippen molar-refractivity contribution < 1.29 is 58.4 Å². The van der Waals surface area contributed by atoms with Gasteiger partial charge in [-0.1, -0.05) is 34.6 Å². The molecule has 13 nitrogen and oxygen atoms in total. The molecule has 0 spiro atoms. The van der Waals surface area contributed by atoms with Gasteiger partial charge in [-0.3, -0.25) is 9.69 Å². The zero-order valence-electron chi connectivity index (χ0n) is 34.5. The van der Waals surface area contributed by atoms with Gasteiger partial charge in [-0.15, -0.1) is 0 Å². The van der Waals surface area contributed by atoms with Crippen molar-refractivity contribution >= 4 is 5.97 Å². The summed E-state index contributed by atoms with van der Waals surface area (Å²) in [7, 11) is 1.54. The number of aliphatic hydroxyl groups is 4. The summed E-state index contributed by atoms with van der Waals surface area (Å²) >= 11 is 0. The third-order valence-electron chi connectivity index (χ3n) is 13.0.